The van der Waals surface area contributed by atoms with Crippen molar-refractivity contribution in [3.05, 3.63) is 62.4 Å². The third kappa shape index (κ3) is 2.36. The predicted molar refractivity (Wildman–Crippen MR) is 102 cm³/mol. The van der Waals surface area contributed by atoms with Crippen LogP contribution in [0.15, 0.2) is 34.8 Å². The number of fused-ring (bicyclic) bond motifs is 4. The highest BCUT2D eigenvalue weighted by molar-refractivity contribution is 9.10. The van der Waals surface area contributed by atoms with E-state index < -0.39 is 0 Å². The summed E-state index contributed by atoms with van der Waals surface area (Å²) in [5, 5.41) is 22.0. The lowest BCUT2D eigenvalue weighted by molar-refractivity contribution is 0.290. The highest BCUT2D eigenvalue weighted by Gasteiger charge is 2.36. The van der Waals surface area contributed by atoms with Crippen molar-refractivity contribution in [1.29, 1.82) is 0 Å². The molecule has 130 valence electrons. The number of ether oxygens (including phenoxy) is 1. The number of nitrogens with zero attached hydrogens (tertiary/aromatic N) is 1. The van der Waals surface area contributed by atoms with Gasteiger partial charge in [-0.2, -0.15) is 0 Å². The molecule has 0 amide bonds. The normalized spacial score (nSPS) is 15.0. The molecular formula is C19H18BrN2O3-. The van der Waals surface area contributed by atoms with Gasteiger partial charge in [-0.3, -0.25) is 5.21 Å². The molecule has 1 heterocycles. The first-order valence-electron chi connectivity index (χ1n) is 8.01. The van der Waals surface area contributed by atoms with E-state index in [9.17, 15) is 10.4 Å². The number of aromatic nitrogens is 1. The van der Waals surface area contributed by atoms with Crippen molar-refractivity contribution in [2.24, 2.45) is 0 Å². The second kappa shape index (κ2) is 5.49. The van der Waals surface area contributed by atoms with Crippen LogP contribution in [-0.2, 0) is 11.8 Å². The fourth-order valence-electron chi connectivity index (χ4n) is 3.92. The predicted octanol–water partition coefficient (Wildman–Crippen LogP) is 4.86. The Morgan fingerprint density at radius 2 is 2.04 bits per heavy atom. The van der Waals surface area contributed by atoms with Crippen LogP contribution < -0.4 is 9.96 Å². The summed E-state index contributed by atoms with van der Waals surface area (Å²) in [4.78, 5) is 3.57. The number of methoxy groups -OCH3 is 1. The van der Waals surface area contributed by atoms with E-state index >= 15 is 0 Å². The summed E-state index contributed by atoms with van der Waals surface area (Å²) in [6, 6.07) is 9.80. The summed E-state index contributed by atoms with van der Waals surface area (Å²) in [6.07, 6.45) is 0.695. The maximum absolute atomic E-state index is 11.5. The molecule has 2 N–H and O–H groups in total. The SMILES string of the molecule is COc1cc2c(cc1N([O-])O)Cc1c([nH]c3cc(Br)ccc13)C2(C)C. The number of benzene rings is 2. The van der Waals surface area contributed by atoms with Gasteiger partial charge in [-0.25, -0.2) is 0 Å². The molecule has 0 aliphatic heterocycles. The molecule has 3 aromatic rings. The Morgan fingerprint density at radius 3 is 2.72 bits per heavy atom. The summed E-state index contributed by atoms with van der Waals surface area (Å²) in [6.45, 7) is 4.31. The van der Waals surface area contributed by atoms with E-state index in [4.69, 9.17) is 4.74 Å². The summed E-state index contributed by atoms with van der Waals surface area (Å²) < 4.78 is 6.34. The third-order valence-corrected chi connectivity index (χ3v) is 5.64. The van der Waals surface area contributed by atoms with Gasteiger partial charge in [0.25, 0.3) is 0 Å². The van der Waals surface area contributed by atoms with Gasteiger partial charge >= 0.3 is 0 Å². The van der Waals surface area contributed by atoms with Crippen molar-refractivity contribution < 1.29 is 9.94 Å². The minimum atomic E-state index is -0.274. The molecule has 2 aromatic carbocycles. The van der Waals surface area contributed by atoms with E-state index in [1.54, 1.807) is 6.07 Å². The smallest absolute Gasteiger partial charge is 0.143 e. The molecule has 25 heavy (non-hydrogen) atoms. The van der Waals surface area contributed by atoms with Gasteiger partial charge in [0.2, 0.25) is 0 Å². The van der Waals surface area contributed by atoms with Crippen molar-refractivity contribution >= 4 is 32.5 Å². The molecule has 1 aliphatic rings. The zero-order valence-corrected chi connectivity index (χ0v) is 15.8. The number of halogens is 1. The van der Waals surface area contributed by atoms with Gasteiger partial charge in [-0.15, -0.1) is 0 Å². The summed E-state index contributed by atoms with van der Waals surface area (Å²) in [5.74, 6) is 0.367. The van der Waals surface area contributed by atoms with Crippen molar-refractivity contribution in [3.63, 3.8) is 0 Å². The fraction of sp³-hybridized carbons (Fsp3) is 0.263. The molecule has 0 saturated carbocycles. The van der Waals surface area contributed by atoms with Gasteiger partial charge in [-0.1, -0.05) is 35.8 Å². The van der Waals surface area contributed by atoms with E-state index in [1.807, 2.05) is 12.1 Å². The van der Waals surface area contributed by atoms with Gasteiger partial charge in [0.15, 0.2) is 0 Å². The highest BCUT2D eigenvalue weighted by atomic mass is 79.9. The standard InChI is InChI=1S/C19H18BrN2O3/c1-19(2)14-9-17(25-3)16(22(23)24)7-10(14)6-13-12-5-4-11(20)8-15(12)21-18(13)19/h4-5,7-9,21,23H,6H2,1-3H3/q-1. The maximum atomic E-state index is 11.5. The fourth-order valence-corrected chi connectivity index (χ4v) is 4.28. The Hall–Kier alpha value is -2.02. The second-order valence-electron chi connectivity index (χ2n) is 6.92. The topological polar surface area (TPSA) is 71.6 Å². The van der Waals surface area contributed by atoms with E-state index in [0.717, 1.165) is 21.1 Å². The Kier molecular flexibility index (Phi) is 3.61. The molecular weight excluding hydrogens is 384 g/mol. The number of hydrogen-bond donors (Lipinski definition) is 2. The van der Waals surface area contributed by atoms with Gasteiger partial charge < -0.3 is 20.2 Å². The monoisotopic (exact) mass is 401 g/mol. The first-order valence-corrected chi connectivity index (χ1v) is 8.80. The molecule has 6 heteroatoms. The van der Waals surface area contributed by atoms with Crippen LogP contribution in [-0.4, -0.2) is 17.3 Å². The van der Waals surface area contributed by atoms with E-state index in [2.05, 4.69) is 46.9 Å². The van der Waals surface area contributed by atoms with Crippen LogP contribution >= 0.6 is 15.9 Å². The summed E-state index contributed by atoms with van der Waals surface area (Å²) in [5.41, 5.74) is 5.45. The van der Waals surface area contributed by atoms with Gasteiger partial charge in [0.1, 0.15) is 5.75 Å². The van der Waals surface area contributed by atoms with Crippen LogP contribution in [0.2, 0.25) is 0 Å². The molecule has 0 fully saturated rings. The molecule has 0 radical (unpaired) electrons. The van der Waals surface area contributed by atoms with Crippen LogP contribution in [0, 0.1) is 5.21 Å². The Bertz CT molecular complexity index is 992. The first kappa shape index (κ1) is 16.4. The third-order valence-electron chi connectivity index (χ3n) is 5.14. The highest BCUT2D eigenvalue weighted by Crippen LogP contribution is 2.46. The number of rotatable bonds is 2. The minimum Gasteiger partial charge on any atom is -0.733 e. The second-order valence-corrected chi connectivity index (χ2v) is 7.84. The molecule has 0 spiro atoms. The van der Waals surface area contributed by atoms with Crippen LogP contribution in [0.5, 0.6) is 5.75 Å². The molecule has 4 rings (SSSR count). The largest absolute Gasteiger partial charge is 0.733 e. The molecule has 0 atom stereocenters. The zero-order chi connectivity index (χ0) is 17.9. The average molecular weight is 402 g/mol. The zero-order valence-electron chi connectivity index (χ0n) is 14.2. The van der Waals surface area contributed by atoms with E-state index in [-0.39, 0.29) is 16.3 Å². The maximum Gasteiger partial charge on any atom is 0.143 e. The number of hydrogen-bond acceptors (Lipinski definition) is 4. The van der Waals surface area contributed by atoms with Gasteiger partial charge in [0.05, 0.1) is 12.8 Å². The molecule has 5 nitrogen and oxygen atoms in total. The summed E-state index contributed by atoms with van der Waals surface area (Å²) in [7, 11) is 1.50. The average Bonchev–Trinajstić information content (AvgIpc) is 2.92. The molecule has 0 bridgehead atoms. The molecule has 0 unspecified atom stereocenters. The van der Waals surface area contributed by atoms with Crippen molar-refractivity contribution in [2.45, 2.75) is 25.7 Å². The number of nitrogens with one attached hydrogen (secondary N) is 1. The minimum absolute atomic E-state index is 0.128. The Labute approximate surface area is 153 Å². The van der Waals surface area contributed by atoms with Crippen LogP contribution in [0.25, 0.3) is 10.9 Å². The van der Waals surface area contributed by atoms with Crippen molar-refractivity contribution in [1.82, 2.24) is 4.98 Å². The van der Waals surface area contributed by atoms with Crippen molar-refractivity contribution in [3.8, 4) is 5.75 Å². The first-order chi connectivity index (χ1) is 11.8. The quantitative estimate of drug-likeness (QED) is 0.601. The van der Waals surface area contributed by atoms with E-state index in [1.165, 1.54) is 23.8 Å². The molecule has 1 aliphatic carbocycles. The Balaban J connectivity index is 1.98. The number of anilines is 1. The van der Waals surface area contributed by atoms with Crippen LogP contribution in [0.3, 0.4) is 0 Å². The van der Waals surface area contributed by atoms with Gasteiger partial charge in [-0.05, 0) is 41.0 Å². The summed E-state index contributed by atoms with van der Waals surface area (Å²) >= 11 is 3.52. The lowest BCUT2D eigenvalue weighted by Crippen LogP contribution is -2.27. The van der Waals surface area contributed by atoms with Crippen LogP contribution in [0.4, 0.5) is 5.69 Å². The van der Waals surface area contributed by atoms with Crippen LogP contribution in [0.1, 0.15) is 36.2 Å². The molecule has 1 aromatic heterocycles. The number of H-pyrrole nitrogens is 1. The van der Waals surface area contributed by atoms with Gasteiger partial charge in [0, 0.05) is 32.9 Å². The number of aromatic amines is 1. The lowest BCUT2D eigenvalue weighted by Gasteiger charge is -2.35. The lowest BCUT2D eigenvalue weighted by atomic mass is 9.71. The molecule has 0 saturated heterocycles. The van der Waals surface area contributed by atoms with Crippen molar-refractivity contribution in [2.75, 3.05) is 12.3 Å². The van der Waals surface area contributed by atoms with E-state index in [0.29, 0.717) is 12.2 Å². The Morgan fingerprint density at radius 1 is 1.28 bits per heavy atom.